The molecule has 1 fully saturated rings. The van der Waals surface area contributed by atoms with Gasteiger partial charge in [-0.05, 0) is 36.3 Å². The fourth-order valence-corrected chi connectivity index (χ4v) is 4.01. The van der Waals surface area contributed by atoms with E-state index >= 15 is 0 Å². The van der Waals surface area contributed by atoms with E-state index in [0.29, 0.717) is 12.5 Å². The maximum atomic E-state index is 11.7. The van der Waals surface area contributed by atoms with Gasteiger partial charge in [-0.15, -0.1) is 0 Å². The van der Waals surface area contributed by atoms with Crippen LogP contribution in [0.3, 0.4) is 0 Å². The molecule has 0 amide bonds. The summed E-state index contributed by atoms with van der Waals surface area (Å²) in [6.07, 6.45) is 3.41. The highest BCUT2D eigenvalue weighted by molar-refractivity contribution is 7.87. The third-order valence-corrected chi connectivity index (χ3v) is 6.11. The molecule has 1 spiro atoms. The van der Waals surface area contributed by atoms with Crippen LogP contribution < -0.4 is 4.72 Å². The molecule has 0 bridgehead atoms. The highest BCUT2D eigenvalue weighted by Gasteiger charge is 2.57. The zero-order chi connectivity index (χ0) is 13.7. The summed E-state index contributed by atoms with van der Waals surface area (Å²) < 4.78 is 27.4. The van der Waals surface area contributed by atoms with Gasteiger partial charge in [-0.25, -0.2) is 4.72 Å². The van der Waals surface area contributed by atoms with E-state index in [0.717, 1.165) is 12.8 Å². The molecule has 0 aliphatic heterocycles. The second-order valence-corrected chi connectivity index (χ2v) is 7.82. The van der Waals surface area contributed by atoms with Crippen molar-refractivity contribution >= 4 is 10.2 Å². The standard InChI is InChI=1S/C14H20N2O2S/c1-16(2)19(17,18)15-10-12-9-14(12)8-7-11-5-3-4-6-13(11)14/h3-6,12,15H,7-10H2,1-2H3/t12-,14+/m0/s1. The second kappa shape index (κ2) is 4.30. The molecule has 2 atom stereocenters. The highest BCUT2D eigenvalue weighted by Crippen LogP contribution is 2.61. The topological polar surface area (TPSA) is 49.4 Å². The first-order chi connectivity index (χ1) is 8.96. The van der Waals surface area contributed by atoms with E-state index in [9.17, 15) is 8.42 Å². The van der Waals surface area contributed by atoms with Crippen molar-refractivity contribution < 1.29 is 8.42 Å². The predicted molar refractivity (Wildman–Crippen MR) is 75.2 cm³/mol. The Bertz CT molecular complexity index is 597. The van der Waals surface area contributed by atoms with Crippen LogP contribution in [-0.2, 0) is 22.0 Å². The quantitative estimate of drug-likeness (QED) is 0.903. The third-order valence-electron chi connectivity index (χ3n) is 4.62. The minimum atomic E-state index is -3.29. The van der Waals surface area contributed by atoms with Crippen LogP contribution in [0, 0.1) is 5.92 Å². The van der Waals surface area contributed by atoms with Crippen LogP contribution in [0.1, 0.15) is 24.0 Å². The average Bonchev–Trinajstić information content (AvgIpc) is 2.96. The van der Waals surface area contributed by atoms with Gasteiger partial charge in [0.2, 0.25) is 0 Å². The minimum absolute atomic E-state index is 0.255. The Hall–Kier alpha value is -0.910. The number of fused-ring (bicyclic) bond motifs is 2. The van der Waals surface area contributed by atoms with Crippen molar-refractivity contribution in [1.82, 2.24) is 9.03 Å². The van der Waals surface area contributed by atoms with Gasteiger partial charge in [-0.1, -0.05) is 24.3 Å². The number of nitrogens with one attached hydrogen (secondary N) is 1. The maximum Gasteiger partial charge on any atom is 0.278 e. The first-order valence-corrected chi connectivity index (χ1v) is 8.15. The van der Waals surface area contributed by atoms with Crippen LogP contribution in [0.2, 0.25) is 0 Å². The van der Waals surface area contributed by atoms with Gasteiger partial charge in [-0.3, -0.25) is 0 Å². The summed E-state index contributed by atoms with van der Waals surface area (Å²) in [6, 6.07) is 8.58. The predicted octanol–water partition coefficient (Wildman–Crippen LogP) is 1.29. The first-order valence-electron chi connectivity index (χ1n) is 6.71. The molecule has 1 aromatic carbocycles. The van der Waals surface area contributed by atoms with Gasteiger partial charge in [0.1, 0.15) is 0 Å². The molecule has 0 aromatic heterocycles. The SMILES string of the molecule is CN(C)S(=O)(=O)NC[C@@H]1C[C@]12CCc1ccccc12. The molecule has 3 rings (SSSR count). The van der Waals surface area contributed by atoms with Gasteiger partial charge in [0.05, 0.1) is 0 Å². The lowest BCUT2D eigenvalue weighted by atomic mass is 9.95. The van der Waals surface area contributed by atoms with E-state index in [1.165, 1.54) is 21.9 Å². The first kappa shape index (κ1) is 13.1. The normalized spacial score (nSPS) is 28.9. The molecule has 104 valence electrons. The van der Waals surface area contributed by atoms with Crippen molar-refractivity contribution in [1.29, 1.82) is 0 Å². The Morgan fingerprint density at radius 1 is 1.37 bits per heavy atom. The van der Waals surface area contributed by atoms with E-state index < -0.39 is 10.2 Å². The summed E-state index contributed by atoms with van der Waals surface area (Å²) >= 11 is 0. The summed E-state index contributed by atoms with van der Waals surface area (Å²) in [7, 11) is -0.191. The number of hydrogen-bond donors (Lipinski definition) is 1. The molecule has 19 heavy (non-hydrogen) atoms. The number of nitrogens with zero attached hydrogens (tertiary/aromatic N) is 1. The number of benzene rings is 1. The lowest BCUT2D eigenvalue weighted by Gasteiger charge is -2.14. The largest absolute Gasteiger partial charge is 0.278 e. The van der Waals surface area contributed by atoms with E-state index in [1.54, 1.807) is 14.1 Å². The van der Waals surface area contributed by atoms with Crippen LogP contribution in [0.25, 0.3) is 0 Å². The molecule has 0 saturated heterocycles. The molecule has 2 aliphatic carbocycles. The van der Waals surface area contributed by atoms with Crippen molar-refractivity contribution in [3.63, 3.8) is 0 Å². The molecule has 0 heterocycles. The molecular formula is C14H20N2O2S. The zero-order valence-electron chi connectivity index (χ0n) is 11.4. The van der Waals surface area contributed by atoms with E-state index in [4.69, 9.17) is 0 Å². The van der Waals surface area contributed by atoms with Crippen molar-refractivity contribution in [2.45, 2.75) is 24.7 Å². The lowest BCUT2D eigenvalue weighted by Crippen LogP contribution is -2.37. The summed E-state index contributed by atoms with van der Waals surface area (Å²) in [5.74, 6) is 0.450. The van der Waals surface area contributed by atoms with Crippen LogP contribution in [0.15, 0.2) is 24.3 Å². The van der Waals surface area contributed by atoms with Gasteiger partial charge >= 0.3 is 0 Å². The van der Waals surface area contributed by atoms with Crippen LogP contribution >= 0.6 is 0 Å². The molecule has 4 nitrogen and oxygen atoms in total. The molecule has 1 saturated carbocycles. The Labute approximate surface area is 115 Å². The number of aryl methyl sites for hydroxylation is 1. The van der Waals surface area contributed by atoms with Crippen LogP contribution in [-0.4, -0.2) is 33.4 Å². The average molecular weight is 280 g/mol. The maximum absolute atomic E-state index is 11.7. The number of rotatable bonds is 4. The Balaban J connectivity index is 1.70. The fourth-order valence-electron chi connectivity index (χ4n) is 3.34. The van der Waals surface area contributed by atoms with Crippen molar-refractivity contribution in [2.75, 3.05) is 20.6 Å². The van der Waals surface area contributed by atoms with Crippen molar-refractivity contribution in [3.8, 4) is 0 Å². The molecule has 2 aliphatic rings. The molecule has 1 N–H and O–H groups in total. The van der Waals surface area contributed by atoms with Gasteiger partial charge in [0.15, 0.2) is 0 Å². The van der Waals surface area contributed by atoms with Gasteiger partial charge < -0.3 is 0 Å². The third kappa shape index (κ3) is 2.10. The summed E-state index contributed by atoms with van der Waals surface area (Å²) in [5, 5.41) is 0. The Morgan fingerprint density at radius 2 is 2.11 bits per heavy atom. The van der Waals surface area contributed by atoms with Crippen molar-refractivity contribution in [3.05, 3.63) is 35.4 Å². The fraction of sp³-hybridized carbons (Fsp3) is 0.571. The molecule has 1 aromatic rings. The summed E-state index contributed by atoms with van der Waals surface area (Å²) in [6.45, 7) is 0.550. The van der Waals surface area contributed by atoms with Gasteiger partial charge in [-0.2, -0.15) is 12.7 Å². The molecule has 5 heteroatoms. The molecule has 0 unspecified atom stereocenters. The monoisotopic (exact) mass is 280 g/mol. The van der Waals surface area contributed by atoms with E-state index in [-0.39, 0.29) is 5.41 Å². The van der Waals surface area contributed by atoms with Gasteiger partial charge in [0.25, 0.3) is 10.2 Å². The van der Waals surface area contributed by atoms with Crippen LogP contribution in [0.5, 0.6) is 0 Å². The smallest absolute Gasteiger partial charge is 0.202 e. The Kier molecular flexibility index (Phi) is 2.96. The number of hydrogen-bond acceptors (Lipinski definition) is 2. The minimum Gasteiger partial charge on any atom is -0.202 e. The van der Waals surface area contributed by atoms with E-state index in [1.807, 2.05) is 0 Å². The second-order valence-electron chi connectivity index (χ2n) is 5.85. The Morgan fingerprint density at radius 3 is 2.84 bits per heavy atom. The van der Waals surface area contributed by atoms with Crippen LogP contribution in [0.4, 0.5) is 0 Å². The molecule has 0 radical (unpaired) electrons. The lowest BCUT2D eigenvalue weighted by molar-refractivity contribution is 0.496. The van der Waals surface area contributed by atoms with E-state index in [2.05, 4.69) is 29.0 Å². The summed E-state index contributed by atoms with van der Waals surface area (Å²) in [5.41, 5.74) is 3.15. The zero-order valence-corrected chi connectivity index (χ0v) is 12.2. The molecular weight excluding hydrogens is 260 g/mol. The van der Waals surface area contributed by atoms with Gasteiger partial charge in [0, 0.05) is 26.1 Å². The van der Waals surface area contributed by atoms with Crippen molar-refractivity contribution in [2.24, 2.45) is 5.92 Å². The highest BCUT2D eigenvalue weighted by atomic mass is 32.2. The summed E-state index contributed by atoms with van der Waals surface area (Å²) in [4.78, 5) is 0.